The van der Waals surface area contributed by atoms with Crippen molar-refractivity contribution in [2.24, 2.45) is 0 Å². The maximum absolute atomic E-state index is 12.8. The van der Waals surface area contributed by atoms with Crippen LogP contribution in [0, 0.1) is 0 Å². The topological polar surface area (TPSA) is 55.4 Å². The highest BCUT2D eigenvalue weighted by Crippen LogP contribution is 2.24. The Morgan fingerprint density at radius 3 is 2.22 bits per heavy atom. The molecule has 1 N–H and O–H groups in total. The number of rotatable bonds is 6. The first-order chi connectivity index (χ1) is 13.2. The molecule has 0 saturated carbocycles. The van der Waals surface area contributed by atoms with Crippen molar-refractivity contribution in [3.05, 3.63) is 90.0 Å². The molecule has 136 valence electrons. The van der Waals surface area contributed by atoms with E-state index >= 15 is 0 Å². The maximum Gasteiger partial charge on any atom is 0.310 e. The van der Waals surface area contributed by atoms with Crippen LogP contribution in [0.3, 0.4) is 0 Å². The van der Waals surface area contributed by atoms with Crippen molar-refractivity contribution in [2.75, 3.05) is 11.9 Å². The first kappa shape index (κ1) is 18.4. The first-order valence-corrected chi connectivity index (χ1v) is 8.87. The van der Waals surface area contributed by atoms with Gasteiger partial charge in [-0.15, -0.1) is 0 Å². The fraction of sp³-hybridized carbons (Fsp3) is 0.130. The second-order valence-electron chi connectivity index (χ2n) is 6.04. The van der Waals surface area contributed by atoms with Gasteiger partial charge in [-0.3, -0.25) is 9.59 Å². The lowest BCUT2D eigenvalue weighted by molar-refractivity contribution is -0.142. The number of hydrogen-bond donors (Lipinski definition) is 1. The predicted octanol–water partition coefficient (Wildman–Crippen LogP) is 4.71. The highest BCUT2D eigenvalue weighted by molar-refractivity contribution is 6.08. The van der Waals surface area contributed by atoms with Gasteiger partial charge in [0.25, 0.3) is 5.91 Å². The number of ether oxygens (including phenoxy) is 1. The molecule has 0 aromatic heterocycles. The number of carbonyl (C=O) groups excluding carboxylic acids is 2. The quantitative estimate of drug-likeness (QED) is 0.649. The van der Waals surface area contributed by atoms with Crippen LogP contribution in [0.4, 0.5) is 5.69 Å². The molecule has 1 amide bonds. The molecular weight excluding hydrogens is 338 g/mol. The standard InChI is InChI=1S/C23H21NO3/c1-2-27-22(25)16-17-12-14-19(15-13-17)24-23(26)21-11-7-6-10-20(21)18-8-4-3-5-9-18/h3-15H,2,16H2,1H3,(H,24,26). The van der Waals surface area contributed by atoms with E-state index in [2.05, 4.69) is 5.32 Å². The van der Waals surface area contributed by atoms with Crippen molar-refractivity contribution in [2.45, 2.75) is 13.3 Å². The lowest BCUT2D eigenvalue weighted by Crippen LogP contribution is -2.13. The Kier molecular flexibility index (Phi) is 6.00. The maximum atomic E-state index is 12.8. The Morgan fingerprint density at radius 2 is 1.52 bits per heavy atom. The van der Waals surface area contributed by atoms with E-state index in [4.69, 9.17) is 4.74 Å². The third-order valence-corrected chi connectivity index (χ3v) is 4.12. The average molecular weight is 359 g/mol. The molecule has 0 spiro atoms. The Hall–Kier alpha value is -3.40. The van der Waals surface area contributed by atoms with Crippen molar-refractivity contribution >= 4 is 17.6 Å². The van der Waals surface area contributed by atoms with E-state index < -0.39 is 0 Å². The third-order valence-electron chi connectivity index (χ3n) is 4.12. The molecule has 3 aromatic carbocycles. The number of hydrogen-bond acceptors (Lipinski definition) is 3. The van der Waals surface area contributed by atoms with Gasteiger partial charge in [0.15, 0.2) is 0 Å². The van der Waals surface area contributed by atoms with Crippen LogP contribution in [0.1, 0.15) is 22.8 Å². The van der Waals surface area contributed by atoms with Crippen LogP contribution in [0.15, 0.2) is 78.9 Å². The second kappa shape index (κ2) is 8.81. The summed E-state index contributed by atoms with van der Waals surface area (Å²) in [5.41, 5.74) is 4.01. The van der Waals surface area contributed by atoms with E-state index in [1.54, 1.807) is 19.1 Å². The predicted molar refractivity (Wildman–Crippen MR) is 107 cm³/mol. The summed E-state index contributed by atoms with van der Waals surface area (Å²) in [7, 11) is 0. The van der Waals surface area contributed by atoms with E-state index in [9.17, 15) is 9.59 Å². The molecule has 0 atom stereocenters. The molecule has 0 fully saturated rings. The van der Waals surface area contributed by atoms with Gasteiger partial charge in [0.1, 0.15) is 0 Å². The molecule has 0 aliphatic heterocycles. The van der Waals surface area contributed by atoms with Gasteiger partial charge >= 0.3 is 5.97 Å². The van der Waals surface area contributed by atoms with E-state index in [1.165, 1.54) is 0 Å². The molecule has 27 heavy (non-hydrogen) atoms. The van der Waals surface area contributed by atoms with Crippen LogP contribution in [0.25, 0.3) is 11.1 Å². The van der Waals surface area contributed by atoms with E-state index in [-0.39, 0.29) is 18.3 Å². The van der Waals surface area contributed by atoms with Gasteiger partial charge in [0, 0.05) is 11.3 Å². The largest absolute Gasteiger partial charge is 0.466 e. The van der Waals surface area contributed by atoms with Gasteiger partial charge in [0.2, 0.25) is 0 Å². The van der Waals surface area contributed by atoms with Gasteiger partial charge < -0.3 is 10.1 Å². The molecule has 3 aromatic rings. The zero-order chi connectivity index (χ0) is 19.1. The van der Waals surface area contributed by atoms with Crippen molar-refractivity contribution in [3.63, 3.8) is 0 Å². The van der Waals surface area contributed by atoms with Crippen molar-refractivity contribution in [1.29, 1.82) is 0 Å². The van der Waals surface area contributed by atoms with Crippen LogP contribution in [0.5, 0.6) is 0 Å². The molecule has 0 bridgehead atoms. The van der Waals surface area contributed by atoms with Crippen LogP contribution in [0.2, 0.25) is 0 Å². The summed E-state index contributed by atoms with van der Waals surface area (Å²) in [4.78, 5) is 24.3. The molecule has 4 nitrogen and oxygen atoms in total. The fourth-order valence-corrected chi connectivity index (χ4v) is 2.83. The number of nitrogens with one attached hydrogen (secondary N) is 1. The van der Waals surface area contributed by atoms with Crippen molar-refractivity contribution < 1.29 is 14.3 Å². The van der Waals surface area contributed by atoms with Crippen LogP contribution < -0.4 is 5.32 Å². The fourth-order valence-electron chi connectivity index (χ4n) is 2.83. The summed E-state index contributed by atoms with van der Waals surface area (Å²) in [5, 5.41) is 2.92. The minimum Gasteiger partial charge on any atom is -0.466 e. The van der Waals surface area contributed by atoms with Gasteiger partial charge in [-0.25, -0.2) is 0 Å². The number of benzene rings is 3. The molecule has 0 radical (unpaired) electrons. The Balaban J connectivity index is 1.74. The minimum atomic E-state index is -0.258. The Labute approximate surface area is 158 Å². The SMILES string of the molecule is CCOC(=O)Cc1ccc(NC(=O)c2ccccc2-c2ccccc2)cc1. The highest BCUT2D eigenvalue weighted by atomic mass is 16.5. The average Bonchev–Trinajstić information content (AvgIpc) is 2.70. The normalized spacial score (nSPS) is 10.3. The summed E-state index contributed by atoms with van der Waals surface area (Å²) in [6.45, 7) is 2.15. The number of amides is 1. The molecule has 0 saturated heterocycles. The summed E-state index contributed by atoms with van der Waals surface area (Å²) in [6, 6.07) is 24.5. The molecular formula is C23H21NO3. The lowest BCUT2D eigenvalue weighted by atomic mass is 9.99. The van der Waals surface area contributed by atoms with Gasteiger partial charge in [-0.1, -0.05) is 60.7 Å². The van der Waals surface area contributed by atoms with Gasteiger partial charge in [-0.05, 0) is 41.8 Å². The van der Waals surface area contributed by atoms with Gasteiger partial charge in [-0.2, -0.15) is 0 Å². The summed E-state index contributed by atoms with van der Waals surface area (Å²) < 4.78 is 4.94. The molecule has 0 aliphatic carbocycles. The molecule has 3 rings (SSSR count). The van der Waals surface area contributed by atoms with E-state index in [0.717, 1.165) is 16.7 Å². The Morgan fingerprint density at radius 1 is 0.852 bits per heavy atom. The highest BCUT2D eigenvalue weighted by Gasteiger charge is 2.12. The smallest absolute Gasteiger partial charge is 0.310 e. The van der Waals surface area contributed by atoms with E-state index in [1.807, 2.05) is 66.7 Å². The summed E-state index contributed by atoms with van der Waals surface area (Å²) in [6.07, 6.45) is 0.221. The van der Waals surface area contributed by atoms with E-state index in [0.29, 0.717) is 17.9 Å². The van der Waals surface area contributed by atoms with Crippen molar-refractivity contribution in [1.82, 2.24) is 0 Å². The van der Waals surface area contributed by atoms with Crippen LogP contribution in [-0.4, -0.2) is 18.5 Å². The second-order valence-corrected chi connectivity index (χ2v) is 6.04. The van der Waals surface area contributed by atoms with Crippen LogP contribution >= 0.6 is 0 Å². The molecule has 0 unspecified atom stereocenters. The molecule has 4 heteroatoms. The zero-order valence-corrected chi connectivity index (χ0v) is 15.1. The monoisotopic (exact) mass is 359 g/mol. The Bertz CT molecular complexity index is 918. The molecule has 0 aliphatic rings. The van der Waals surface area contributed by atoms with Gasteiger partial charge in [0.05, 0.1) is 13.0 Å². The van der Waals surface area contributed by atoms with Crippen molar-refractivity contribution in [3.8, 4) is 11.1 Å². The first-order valence-electron chi connectivity index (χ1n) is 8.87. The summed E-state index contributed by atoms with van der Waals surface area (Å²) in [5.74, 6) is -0.432. The van der Waals surface area contributed by atoms with Crippen LogP contribution in [-0.2, 0) is 16.0 Å². The number of carbonyl (C=O) groups is 2. The number of esters is 1. The molecule has 0 heterocycles. The number of anilines is 1. The lowest BCUT2D eigenvalue weighted by Gasteiger charge is -2.11. The minimum absolute atomic E-state index is 0.174. The summed E-state index contributed by atoms with van der Waals surface area (Å²) >= 11 is 0. The third kappa shape index (κ3) is 4.82. The zero-order valence-electron chi connectivity index (χ0n) is 15.1.